The fourth-order valence-corrected chi connectivity index (χ4v) is 2.15. The molecule has 2 aliphatic rings. The highest BCUT2D eigenvalue weighted by molar-refractivity contribution is 7.81. The number of ether oxygens (including phenoxy) is 1. The molecule has 2 heterocycles. The van der Waals surface area contributed by atoms with Crippen molar-refractivity contribution in [1.82, 2.24) is 5.32 Å². The molecule has 0 saturated heterocycles. The largest absolute Gasteiger partial charge is 0.459 e. The molecule has 0 aromatic rings. The molecule has 0 amide bonds. The minimum absolute atomic E-state index is 0.104. The van der Waals surface area contributed by atoms with E-state index < -0.39 is 5.60 Å². The van der Waals surface area contributed by atoms with Gasteiger partial charge in [-0.15, -0.1) is 0 Å². The topological polar surface area (TPSA) is 101 Å². The van der Waals surface area contributed by atoms with Gasteiger partial charge in [-0.3, -0.25) is 4.79 Å². The number of guanidine groups is 1. The van der Waals surface area contributed by atoms with Gasteiger partial charge in [0.25, 0.3) is 0 Å². The molecule has 112 valence electrons. The monoisotopic (exact) mass is 307 g/mol. The first-order valence-corrected chi connectivity index (χ1v) is 6.84. The van der Waals surface area contributed by atoms with E-state index in [2.05, 4.69) is 20.3 Å². The first-order chi connectivity index (χ1) is 9.76. The second-order valence-electron chi connectivity index (χ2n) is 5.56. The summed E-state index contributed by atoms with van der Waals surface area (Å²) in [5, 5.41) is 3.00. The molecule has 3 N–H and O–H groups in total. The van der Waals surface area contributed by atoms with Gasteiger partial charge in [-0.05, 0) is 26.3 Å². The molecule has 0 atom stereocenters. The van der Waals surface area contributed by atoms with Crippen molar-refractivity contribution in [2.75, 3.05) is 13.1 Å². The van der Waals surface area contributed by atoms with Crippen LogP contribution >= 0.6 is 12.2 Å². The van der Waals surface area contributed by atoms with Gasteiger partial charge in [-0.25, -0.2) is 9.98 Å². The Labute approximate surface area is 128 Å². The highest BCUT2D eigenvalue weighted by Gasteiger charge is 2.25. The van der Waals surface area contributed by atoms with Crippen LogP contribution in [0.15, 0.2) is 26.1 Å². The Balaban J connectivity index is 1.93. The molecule has 0 fully saturated rings. The average molecular weight is 307 g/mol. The van der Waals surface area contributed by atoms with E-state index in [9.17, 15) is 4.79 Å². The highest BCUT2D eigenvalue weighted by Crippen LogP contribution is 2.19. The minimum atomic E-state index is -0.494. The van der Waals surface area contributed by atoms with Crippen LogP contribution in [0.4, 0.5) is 0 Å². The first-order valence-electron chi connectivity index (χ1n) is 6.43. The third-order valence-electron chi connectivity index (χ3n) is 2.54. The second kappa shape index (κ2) is 5.82. The molecule has 0 aliphatic carbocycles. The van der Waals surface area contributed by atoms with Gasteiger partial charge in [0.15, 0.2) is 5.84 Å². The second-order valence-corrected chi connectivity index (χ2v) is 5.95. The van der Waals surface area contributed by atoms with E-state index in [1.165, 1.54) is 0 Å². The molecule has 21 heavy (non-hydrogen) atoms. The Kier molecular flexibility index (Phi) is 4.29. The number of hydrogen-bond acceptors (Lipinski definition) is 7. The third-order valence-corrected chi connectivity index (χ3v) is 2.84. The highest BCUT2D eigenvalue weighted by atomic mass is 32.1. The Morgan fingerprint density at radius 3 is 2.81 bits per heavy atom. The van der Waals surface area contributed by atoms with Gasteiger partial charge in [0.2, 0.25) is 5.96 Å². The van der Waals surface area contributed by atoms with Crippen LogP contribution in [0.2, 0.25) is 0 Å². The number of carbonyl (C=O) groups is 1. The number of hydrogen-bond donors (Lipinski definition) is 2. The summed E-state index contributed by atoms with van der Waals surface area (Å²) >= 11 is 5.17. The molecule has 0 bridgehead atoms. The number of nitrogens with one attached hydrogen (secondary N) is 1. The summed E-state index contributed by atoms with van der Waals surface area (Å²) in [6, 6.07) is 0. The van der Waals surface area contributed by atoms with E-state index in [1.807, 2.05) is 20.8 Å². The number of nitrogens with two attached hydrogens (primary N) is 1. The zero-order chi connectivity index (χ0) is 15.6. The van der Waals surface area contributed by atoms with Crippen LogP contribution < -0.4 is 11.1 Å². The van der Waals surface area contributed by atoms with E-state index in [1.54, 1.807) is 6.21 Å². The maximum absolute atomic E-state index is 11.6. The number of fused-ring (bicyclic) bond motifs is 1. The van der Waals surface area contributed by atoms with E-state index >= 15 is 0 Å². The molecular weight excluding hydrogens is 290 g/mol. The van der Waals surface area contributed by atoms with Crippen LogP contribution in [0.1, 0.15) is 20.8 Å². The molecular formula is C13H17N5O2S. The van der Waals surface area contributed by atoms with Crippen molar-refractivity contribution in [2.45, 2.75) is 26.4 Å². The first kappa shape index (κ1) is 15.5. The van der Waals surface area contributed by atoms with Crippen molar-refractivity contribution in [1.29, 1.82) is 0 Å². The SMILES string of the molecule is CC(C)(C)OC(=O)CNCC1=C2C(=S)N=C(N)N=C2N=C1. The smallest absolute Gasteiger partial charge is 0.320 e. The van der Waals surface area contributed by atoms with Crippen LogP contribution in [0, 0.1) is 0 Å². The molecule has 0 aromatic carbocycles. The molecule has 2 aliphatic heterocycles. The number of amidine groups is 1. The maximum atomic E-state index is 11.6. The molecule has 2 rings (SSSR count). The van der Waals surface area contributed by atoms with Gasteiger partial charge in [-0.2, -0.15) is 4.99 Å². The zero-order valence-electron chi connectivity index (χ0n) is 12.1. The van der Waals surface area contributed by atoms with Crippen molar-refractivity contribution in [3.63, 3.8) is 0 Å². The van der Waals surface area contributed by atoms with Gasteiger partial charge in [0.1, 0.15) is 10.6 Å². The fraction of sp³-hybridized carbons (Fsp3) is 0.462. The Morgan fingerprint density at radius 2 is 2.14 bits per heavy atom. The van der Waals surface area contributed by atoms with Gasteiger partial charge in [0, 0.05) is 12.8 Å². The molecule has 7 nitrogen and oxygen atoms in total. The summed E-state index contributed by atoms with van der Waals surface area (Å²) in [6.07, 6.45) is 1.65. The van der Waals surface area contributed by atoms with E-state index in [-0.39, 0.29) is 18.5 Å². The Hall–Kier alpha value is -1.93. The van der Waals surface area contributed by atoms with Crippen molar-refractivity contribution in [3.05, 3.63) is 11.1 Å². The van der Waals surface area contributed by atoms with Crippen LogP contribution in [-0.2, 0) is 9.53 Å². The van der Waals surface area contributed by atoms with Crippen molar-refractivity contribution < 1.29 is 9.53 Å². The van der Waals surface area contributed by atoms with Crippen molar-refractivity contribution >= 4 is 41.2 Å². The van der Waals surface area contributed by atoms with Crippen molar-refractivity contribution in [3.8, 4) is 0 Å². The van der Waals surface area contributed by atoms with E-state index in [4.69, 9.17) is 22.7 Å². The predicted molar refractivity (Wildman–Crippen MR) is 85.9 cm³/mol. The lowest BCUT2D eigenvalue weighted by atomic mass is 10.1. The molecule has 0 radical (unpaired) electrons. The van der Waals surface area contributed by atoms with Crippen molar-refractivity contribution in [2.24, 2.45) is 20.7 Å². The zero-order valence-corrected chi connectivity index (χ0v) is 13.0. The summed E-state index contributed by atoms with van der Waals surface area (Å²) in [5.74, 6) is 0.269. The number of rotatable bonds is 4. The summed E-state index contributed by atoms with van der Waals surface area (Å²) in [6.45, 7) is 6.00. The number of carbonyl (C=O) groups excluding carboxylic acids is 1. The number of nitrogens with zero attached hydrogens (tertiary/aromatic N) is 3. The molecule has 8 heteroatoms. The lowest BCUT2D eigenvalue weighted by molar-refractivity contribution is -0.153. The summed E-state index contributed by atoms with van der Waals surface area (Å²) < 4.78 is 5.21. The standard InChI is InChI=1S/C13H17N5O2S/c1-13(2,3)20-8(19)6-15-4-7-5-16-10-9(7)11(21)18-12(14)17-10/h5,15H,4,6H2,1-3H3,(H2,14,18,21). The Bertz CT molecular complexity index is 611. The molecule has 0 saturated carbocycles. The minimum Gasteiger partial charge on any atom is -0.459 e. The van der Waals surface area contributed by atoms with Gasteiger partial charge >= 0.3 is 5.97 Å². The summed E-state index contributed by atoms with van der Waals surface area (Å²) in [4.78, 5) is 24.1. The molecule has 0 unspecified atom stereocenters. The van der Waals surface area contributed by atoms with Crippen LogP contribution in [0.5, 0.6) is 0 Å². The van der Waals surface area contributed by atoms with Gasteiger partial charge in [0.05, 0.1) is 12.1 Å². The number of thiocarbonyl (C=S) groups is 1. The fourth-order valence-electron chi connectivity index (χ4n) is 1.83. The quantitative estimate of drug-likeness (QED) is 0.576. The van der Waals surface area contributed by atoms with Gasteiger partial charge in [-0.1, -0.05) is 12.2 Å². The van der Waals surface area contributed by atoms with E-state index in [0.29, 0.717) is 22.9 Å². The number of aliphatic imine (C=N–C) groups is 3. The Morgan fingerprint density at radius 1 is 1.43 bits per heavy atom. The van der Waals surface area contributed by atoms with Crippen LogP contribution in [0.25, 0.3) is 0 Å². The maximum Gasteiger partial charge on any atom is 0.320 e. The van der Waals surface area contributed by atoms with Gasteiger partial charge < -0.3 is 15.8 Å². The summed E-state index contributed by atoms with van der Waals surface area (Å²) in [7, 11) is 0. The predicted octanol–water partition coefficient (Wildman–Crippen LogP) is 0.353. The lowest BCUT2D eigenvalue weighted by Gasteiger charge is -2.19. The molecule has 0 aromatic heterocycles. The summed E-state index contributed by atoms with van der Waals surface area (Å²) in [5.41, 5.74) is 6.56. The van der Waals surface area contributed by atoms with Crippen LogP contribution in [0.3, 0.4) is 0 Å². The van der Waals surface area contributed by atoms with Crippen LogP contribution in [-0.4, -0.2) is 47.7 Å². The number of esters is 1. The lowest BCUT2D eigenvalue weighted by Crippen LogP contribution is -2.32. The average Bonchev–Trinajstić information content (AvgIpc) is 2.69. The normalized spacial score (nSPS) is 17.6. The molecule has 0 spiro atoms. The van der Waals surface area contributed by atoms with E-state index in [0.717, 1.165) is 5.57 Å². The third kappa shape index (κ3) is 4.02.